The third-order valence-corrected chi connectivity index (χ3v) is 6.32. The molecule has 2 saturated heterocycles. The van der Waals surface area contributed by atoms with Gasteiger partial charge in [-0.05, 0) is 49.2 Å². The molecule has 3 heterocycles. The van der Waals surface area contributed by atoms with Gasteiger partial charge in [0.05, 0.1) is 19.4 Å². The van der Waals surface area contributed by atoms with E-state index in [1.165, 1.54) is 0 Å². The maximum atomic E-state index is 12.7. The number of benzene rings is 2. The SMILES string of the molecule is O=C(Nc1ccccc1)N[C@@H]1CCCN(c2nncc(Nc3ccc(C(=O)N4CCOCC4)cc3)n2)C1. The average Bonchev–Trinajstić information content (AvgIpc) is 2.94. The van der Waals surface area contributed by atoms with E-state index in [4.69, 9.17) is 4.74 Å². The highest BCUT2D eigenvalue weighted by molar-refractivity contribution is 5.94. The molecule has 1 atom stereocenters. The molecule has 11 heteroatoms. The van der Waals surface area contributed by atoms with Crippen LogP contribution in [-0.2, 0) is 4.74 Å². The van der Waals surface area contributed by atoms with Gasteiger partial charge in [0, 0.05) is 49.2 Å². The van der Waals surface area contributed by atoms with Crippen molar-refractivity contribution in [2.75, 3.05) is 54.9 Å². The number of hydrogen-bond acceptors (Lipinski definition) is 8. The molecule has 0 radical (unpaired) electrons. The van der Waals surface area contributed by atoms with Crippen LogP contribution in [0, 0.1) is 0 Å². The van der Waals surface area contributed by atoms with Crippen molar-refractivity contribution in [1.29, 1.82) is 0 Å². The van der Waals surface area contributed by atoms with Crippen molar-refractivity contribution in [2.24, 2.45) is 0 Å². The second-order valence-electron chi connectivity index (χ2n) is 9.00. The van der Waals surface area contributed by atoms with E-state index >= 15 is 0 Å². The molecule has 3 amide bonds. The van der Waals surface area contributed by atoms with Gasteiger partial charge in [-0.1, -0.05) is 18.2 Å². The Hall–Kier alpha value is -4.25. The van der Waals surface area contributed by atoms with Crippen LogP contribution in [0.15, 0.2) is 60.8 Å². The van der Waals surface area contributed by atoms with Gasteiger partial charge in [0.1, 0.15) is 0 Å². The maximum absolute atomic E-state index is 12.7. The summed E-state index contributed by atoms with van der Waals surface area (Å²) in [5.41, 5.74) is 2.18. The van der Waals surface area contributed by atoms with Crippen molar-refractivity contribution in [3.8, 4) is 0 Å². The van der Waals surface area contributed by atoms with Crippen LogP contribution < -0.4 is 20.9 Å². The zero-order valence-corrected chi connectivity index (χ0v) is 20.5. The Bertz CT molecular complexity index is 1200. The summed E-state index contributed by atoms with van der Waals surface area (Å²) in [6, 6.07) is 16.4. The normalized spacial score (nSPS) is 17.7. The van der Waals surface area contributed by atoms with Crippen LogP contribution in [0.4, 0.5) is 27.9 Å². The molecule has 1 aromatic heterocycles. The number of morpholine rings is 1. The fourth-order valence-electron chi connectivity index (χ4n) is 4.43. The number of nitrogens with zero attached hydrogens (tertiary/aromatic N) is 5. The lowest BCUT2D eigenvalue weighted by Crippen LogP contribution is -2.49. The van der Waals surface area contributed by atoms with Crippen LogP contribution in [0.1, 0.15) is 23.2 Å². The first-order chi connectivity index (χ1) is 18.1. The summed E-state index contributed by atoms with van der Waals surface area (Å²) >= 11 is 0. The van der Waals surface area contributed by atoms with Crippen LogP contribution >= 0.6 is 0 Å². The van der Waals surface area contributed by atoms with E-state index in [1.54, 1.807) is 23.2 Å². The van der Waals surface area contributed by atoms with Gasteiger partial charge in [0.15, 0.2) is 5.82 Å². The Balaban J connectivity index is 1.17. The smallest absolute Gasteiger partial charge is 0.319 e. The molecule has 3 N–H and O–H groups in total. The molecule has 2 aliphatic rings. The summed E-state index contributed by atoms with van der Waals surface area (Å²) in [7, 11) is 0. The van der Waals surface area contributed by atoms with Gasteiger partial charge in [-0.2, -0.15) is 10.1 Å². The minimum Gasteiger partial charge on any atom is -0.378 e. The van der Waals surface area contributed by atoms with Crippen LogP contribution in [-0.4, -0.2) is 77.5 Å². The molecule has 0 aliphatic carbocycles. The van der Waals surface area contributed by atoms with Crippen molar-refractivity contribution in [3.05, 3.63) is 66.4 Å². The first-order valence-electron chi connectivity index (χ1n) is 12.5. The molecule has 0 bridgehead atoms. The molecule has 3 aromatic rings. The van der Waals surface area contributed by atoms with Gasteiger partial charge in [-0.25, -0.2) is 4.79 Å². The van der Waals surface area contributed by atoms with E-state index < -0.39 is 0 Å². The molecular weight excluding hydrogens is 472 g/mol. The van der Waals surface area contributed by atoms with Crippen molar-refractivity contribution in [1.82, 2.24) is 25.4 Å². The number of piperidine rings is 1. The van der Waals surface area contributed by atoms with Gasteiger partial charge in [0.25, 0.3) is 5.91 Å². The molecule has 0 saturated carbocycles. The van der Waals surface area contributed by atoms with Crippen LogP contribution in [0.2, 0.25) is 0 Å². The molecule has 0 unspecified atom stereocenters. The second-order valence-corrected chi connectivity index (χ2v) is 9.00. The summed E-state index contributed by atoms with van der Waals surface area (Å²) in [4.78, 5) is 33.5. The summed E-state index contributed by atoms with van der Waals surface area (Å²) in [5, 5.41) is 17.5. The van der Waals surface area contributed by atoms with E-state index in [0.717, 1.165) is 30.8 Å². The summed E-state index contributed by atoms with van der Waals surface area (Å²) in [5.74, 6) is 1.06. The Morgan fingerprint density at radius 1 is 0.946 bits per heavy atom. The number of ether oxygens (including phenoxy) is 1. The predicted octanol–water partition coefficient (Wildman–Crippen LogP) is 2.88. The van der Waals surface area contributed by atoms with Crippen LogP contribution in [0.5, 0.6) is 0 Å². The lowest BCUT2D eigenvalue weighted by atomic mass is 10.1. The predicted molar refractivity (Wildman–Crippen MR) is 140 cm³/mol. The van der Waals surface area contributed by atoms with Crippen molar-refractivity contribution in [2.45, 2.75) is 18.9 Å². The number of amides is 3. The zero-order chi connectivity index (χ0) is 25.5. The monoisotopic (exact) mass is 502 g/mol. The van der Waals surface area contributed by atoms with Gasteiger partial charge < -0.3 is 30.5 Å². The fraction of sp³-hybridized carbons (Fsp3) is 0.346. The van der Waals surface area contributed by atoms with E-state index in [1.807, 2.05) is 47.4 Å². The number of aromatic nitrogens is 3. The van der Waals surface area contributed by atoms with Crippen molar-refractivity contribution >= 4 is 35.1 Å². The van der Waals surface area contributed by atoms with E-state index in [-0.39, 0.29) is 18.0 Å². The molecule has 192 valence electrons. The average molecular weight is 503 g/mol. The van der Waals surface area contributed by atoms with Crippen LogP contribution in [0.25, 0.3) is 0 Å². The number of rotatable bonds is 6. The summed E-state index contributed by atoms with van der Waals surface area (Å²) in [6.45, 7) is 3.73. The molecule has 37 heavy (non-hydrogen) atoms. The number of carbonyl (C=O) groups is 2. The van der Waals surface area contributed by atoms with E-state index in [9.17, 15) is 9.59 Å². The molecule has 2 aromatic carbocycles. The Morgan fingerprint density at radius 2 is 1.73 bits per heavy atom. The Kier molecular flexibility index (Phi) is 7.70. The third-order valence-electron chi connectivity index (χ3n) is 6.32. The van der Waals surface area contributed by atoms with E-state index in [0.29, 0.717) is 50.2 Å². The molecule has 5 rings (SSSR count). The van der Waals surface area contributed by atoms with Crippen LogP contribution in [0.3, 0.4) is 0 Å². The molecule has 0 spiro atoms. The Labute approximate surface area is 215 Å². The maximum Gasteiger partial charge on any atom is 0.319 e. The Morgan fingerprint density at radius 3 is 2.51 bits per heavy atom. The lowest BCUT2D eigenvalue weighted by molar-refractivity contribution is 0.0303. The number of para-hydroxylation sites is 1. The highest BCUT2D eigenvalue weighted by Crippen LogP contribution is 2.20. The second kappa shape index (κ2) is 11.7. The lowest BCUT2D eigenvalue weighted by Gasteiger charge is -2.32. The quantitative estimate of drug-likeness (QED) is 0.470. The minimum atomic E-state index is -0.233. The van der Waals surface area contributed by atoms with Crippen molar-refractivity contribution in [3.63, 3.8) is 0 Å². The van der Waals surface area contributed by atoms with Gasteiger partial charge in [-0.3, -0.25) is 4.79 Å². The van der Waals surface area contributed by atoms with Gasteiger partial charge in [0.2, 0.25) is 5.95 Å². The molecule has 11 nitrogen and oxygen atoms in total. The summed E-state index contributed by atoms with van der Waals surface area (Å²) in [6.07, 6.45) is 3.33. The van der Waals surface area contributed by atoms with Gasteiger partial charge >= 0.3 is 6.03 Å². The number of carbonyl (C=O) groups excluding carboxylic acids is 2. The number of anilines is 4. The number of hydrogen-bond donors (Lipinski definition) is 3. The standard InChI is InChI=1S/C26H30N8O3/c35-24(33-13-15-37-16-14-33)19-8-10-21(11-9-19)28-23-17-27-32-25(31-23)34-12-4-7-22(18-34)30-26(36)29-20-5-2-1-3-6-20/h1-3,5-6,8-11,17,22H,4,7,12-16,18H2,(H,28,31,32)(H2,29,30,36)/t22-/m1/s1. The first kappa shape index (κ1) is 24.4. The largest absolute Gasteiger partial charge is 0.378 e. The molecule has 2 fully saturated rings. The summed E-state index contributed by atoms with van der Waals surface area (Å²) < 4.78 is 5.32. The number of urea groups is 1. The third kappa shape index (κ3) is 6.50. The minimum absolute atomic E-state index is 0.00607. The highest BCUT2D eigenvalue weighted by Gasteiger charge is 2.24. The highest BCUT2D eigenvalue weighted by atomic mass is 16.5. The molecular formula is C26H30N8O3. The topological polar surface area (TPSA) is 125 Å². The van der Waals surface area contributed by atoms with E-state index in [2.05, 4.69) is 31.1 Å². The first-order valence-corrected chi connectivity index (χ1v) is 12.5. The van der Waals surface area contributed by atoms with Crippen molar-refractivity contribution < 1.29 is 14.3 Å². The molecule has 2 aliphatic heterocycles. The zero-order valence-electron chi connectivity index (χ0n) is 20.5. The fourth-order valence-corrected chi connectivity index (χ4v) is 4.43. The van der Waals surface area contributed by atoms with Gasteiger partial charge in [-0.15, -0.1) is 5.10 Å². The number of nitrogens with one attached hydrogen (secondary N) is 3.